The summed E-state index contributed by atoms with van der Waals surface area (Å²) in [5, 5.41) is 12.3. The van der Waals surface area contributed by atoms with Crippen LogP contribution in [0.15, 0.2) is 39.4 Å². The lowest BCUT2D eigenvalue weighted by Crippen LogP contribution is -2.22. The third-order valence-electron chi connectivity index (χ3n) is 3.09. The van der Waals surface area contributed by atoms with Crippen molar-refractivity contribution in [2.45, 2.75) is 32.8 Å². The second-order valence-electron chi connectivity index (χ2n) is 4.70. The first-order valence-corrected chi connectivity index (χ1v) is 9.08. The molecule has 0 amide bonds. The van der Waals surface area contributed by atoms with E-state index in [4.69, 9.17) is 23.0 Å². The van der Waals surface area contributed by atoms with Crippen molar-refractivity contribution in [3.63, 3.8) is 0 Å². The molecule has 0 aliphatic rings. The highest BCUT2D eigenvalue weighted by atomic mass is 31.2. The molecule has 0 fully saturated rings. The number of rotatable bonds is 10. The van der Waals surface area contributed by atoms with Gasteiger partial charge in [-0.05, 0) is 38.1 Å². The molecule has 0 aromatic carbocycles. The molecule has 0 aliphatic carbocycles. The van der Waals surface area contributed by atoms with E-state index in [1.54, 1.807) is 44.4 Å². The lowest BCUT2D eigenvalue weighted by atomic mass is 10.4. The molecule has 2 aromatic rings. The molecule has 8 heteroatoms. The standard InChI is InChI=1S/C15H22NO6P/c1-3-20-23(18,21-4-2)15(14-8-7-13(11-17)22-14)16-10-12-6-5-9-19-12/h5-9,15-17H,3-4,10-11H2,1-2H3. The van der Waals surface area contributed by atoms with Crippen molar-refractivity contribution in [1.29, 1.82) is 0 Å². The van der Waals surface area contributed by atoms with Gasteiger partial charge in [-0.1, -0.05) is 0 Å². The summed E-state index contributed by atoms with van der Waals surface area (Å²) in [7, 11) is -3.50. The van der Waals surface area contributed by atoms with Crippen LogP contribution in [0, 0.1) is 0 Å². The molecule has 1 unspecified atom stereocenters. The molecule has 0 spiro atoms. The van der Waals surface area contributed by atoms with Crippen LogP contribution in [0.2, 0.25) is 0 Å². The Hall–Kier alpha value is -1.37. The molecule has 1 atom stereocenters. The van der Waals surface area contributed by atoms with Gasteiger partial charge >= 0.3 is 7.60 Å². The van der Waals surface area contributed by atoms with Crippen LogP contribution < -0.4 is 5.32 Å². The molecule has 0 saturated heterocycles. The molecule has 2 aromatic heterocycles. The van der Waals surface area contributed by atoms with E-state index < -0.39 is 13.4 Å². The van der Waals surface area contributed by atoms with Gasteiger partial charge < -0.3 is 23.0 Å². The molecule has 128 valence electrons. The van der Waals surface area contributed by atoms with E-state index >= 15 is 0 Å². The predicted molar refractivity (Wildman–Crippen MR) is 83.8 cm³/mol. The average Bonchev–Trinajstić information content (AvgIpc) is 3.19. The predicted octanol–water partition coefficient (Wildman–Crippen LogP) is 3.42. The highest BCUT2D eigenvalue weighted by molar-refractivity contribution is 7.54. The summed E-state index contributed by atoms with van der Waals surface area (Å²) in [5.41, 5.74) is 0. The normalized spacial score (nSPS) is 13.3. The second-order valence-corrected chi connectivity index (χ2v) is 6.81. The largest absolute Gasteiger partial charge is 0.468 e. The van der Waals surface area contributed by atoms with Crippen LogP contribution in [-0.2, 0) is 26.8 Å². The van der Waals surface area contributed by atoms with Gasteiger partial charge in [-0.15, -0.1) is 0 Å². The smallest absolute Gasteiger partial charge is 0.355 e. The summed E-state index contributed by atoms with van der Waals surface area (Å²) in [6.07, 6.45) is 1.56. The van der Waals surface area contributed by atoms with Gasteiger partial charge in [0.25, 0.3) is 0 Å². The third-order valence-corrected chi connectivity index (χ3v) is 5.40. The molecule has 0 saturated carbocycles. The molecule has 23 heavy (non-hydrogen) atoms. The van der Waals surface area contributed by atoms with Gasteiger partial charge in [0.15, 0.2) is 5.78 Å². The Balaban J connectivity index is 2.26. The Bertz CT molecular complexity index is 614. The minimum absolute atomic E-state index is 0.238. The zero-order chi connectivity index (χ0) is 16.7. The quantitative estimate of drug-likeness (QED) is 0.638. The minimum atomic E-state index is -3.50. The van der Waals surface area contributed by atoms with Crippen molar-refractivity contribution < 1.29 is 27.6 Å². The van der Waals surface area contributed by atoms with Crippen molar-refractivity contribution in [2.75, 3.05) is 13.2 Å². The zero-order valence-corrected chi connectivity index (χ0v) is 14.1. The van der Waals surface area contributed by atoms with E-state index in [-0.39, 0.29) is 19.8 Å². The summed E-state index contributed by atoms with van der Waals surface area (Å²) in [6, 6.07) is 6.85. The van der Waals surface area contributed by atoms with Crippen LogP contribution >= 0.6 is 7.60 Å². The van der Waals surface area contributed by atoms with E-state index in [9.17, 15) is 4.57 Å². The Kier molecular flexibility index (Phi) is 6.62. The first-order chi connectivity index (χ1) is 11.1. The van der Waals surface area contributed by atoms with Gasteiger partial charge in [0.05, 0.1) is 26.0 Å². The van der Waals surface area contributed by atoms with Crippen LogP contribution in [0.25, 0.3) is 0 Å². The molecular weight excluding hydrogens is 321 g/mol. The van der Waals surface area contributed by atoms with E-state index in [1.807, 2.05) is 0 Å². The van der Waals surface area contributed by atoms with Crippen LogP contribution in [0.5, 0.6) is 0 Å². The topological polar surface area (TPSA) is 94.1 Å². The van der Waals surface area contributed by atoms with Gasteiger partial charge in [0.1, 0.15) is 23.9 Å². The Labute approximate surface area is 135 Å². The van der Waals surface area contributed by atoms with Gasteiger partial charge in [0, 0.05) is 0 Å². The number of nitrogens with one attached hydrogen (secondary N) is 1. The van der Waals surface area contributed by atoms with E-state index in [0.29, 0.717) is 23.8 Å². The fourth-order valence-corrected chi connectivity index (χ4v) is 4.01. The average molecular weight is 343 g/mol. The monoisotopic (exact) mass is 343 g/mol. The Morgan fingerprint density at radius 3 is 2.48 bits per heavy atom. The Morgan fingerprint density at radius 1 is 1.22 bits per heavy atom. The summed E-state index contributed by atoms with van der Waals surface area (Å²) < 4.78 is 34.7. The number of hydrogen-bond acceptors (Lipinski definition) is 7. The highest BCUT2D eigenvalue weighted by Gasteiger charge is 2.39. The minimum Gasteiger partial charge on any atom is -0.468 e. The fourth-order valence-electron chi connectivity index (χ4n) is 2.15. The first-order valence-electron chi connectivity index (χ1n) is 7.47. The van der Waals surface area contributed by atoms with Crippen LogP contribution in [0.3, 0.4) is 0 Å². The molecule has 7 nitrogen and oxygen atoms in total. The Morgan fingerprint density at radius 2 is 1.96 bits per heavy atom. The third kappa shape index (κ3) is 4.56. The van der Waals surface area contributed by atoms with Gasteiger partial charge in [0.2, 0.25) is 0 Å². The highest BCUT2D eigenvalue weighted by Crippen LogP contribution is 2.59. The summed E-state index contributed by atoms with van der Waals surface area (Å²) in [6.45, 7) is 4.07. The number of hydrogen-bond donors (Lipinski definition) is 2. The maximum absolute atomic E-state index is 13.1. The van der Waals surface area contributed by atoms with Crippen LogP contribution in [-0.4, -0.2) is 18.3 Å². The number of aliphatic hydroxyl groups excluding tert-OH is 1. The van der Waals surface area contributed by atoms with Crippen molar-refractivity contribution in [3.8, 4) is 0 Å². The second kappa shape index (κ2) is 8.47. The lowest BCUT2D eigenvalue weighted by Gasteiger charge is -2.25. The van der Waals surface area contributed by atoms with Crippen LogP contribution in [0.1, 0.15) is 36.9 Å². The van der Waals surface area contributed by atoms with E-state index in [2.05, 4.69) is 5.32 Å². The summed E-state index contributed by atoms with van der Waals surface area (Å²) in [4.78, 5) is 0. The lowest BCUT2D eigenvalue weighted by molar-refractivity contribution is 0.199. The molecule has 2 N–H and O–H groups in total. The maximum atomic E-state index is 13.1. The summed E-state index contributed by atoms with van der Waals surface area (Å²) >= 11 is 0. The molecule has 2 rings (SSSR count). The molecule has 0 bridgehead atoms. The van der Waals surface area contributed by atoms with Gasteiger partial charge in [-0.25, -0.2) is 0 Å². The van der Waals surface area contributed by atoms with Crippen LogP contribution in [0.4, 0.5) is 0 Å². The maximum Gasteiger partial charge on any atom is 0.355 e. The van der Waals surface area contributed by atoms with E-state index in [1.165, 1.54) is 0 Å². The molecule has 0 aliphatic heterocycles. The van der Waals surface area contributed by atoms with Gasteiger partial charge in [-0.2, -0.15) is 0 Å². The molecule has 0 radical (unpaired) electrons. The van der Waals surface area contributed by atoms with E-state index in [0.717, 1.165) is 0 Å². The SMILES string of the molecule is CCOP(=O)(OCC)C(NCc1ccco1)c1ccc(CO)o1. The van der Waals surface area contributed by atoms with Gasteiger partial charge in [-0.3, -0.25) is 9.88 Å². The molecular formula is C15H22NO6P. The van der Waals surface area contributed by atoms with Crippen molar-refractivity contribution in [2.24, 2.45) is 0 Å². The number of aliphatic hydroxyl groups is 1. The number of furan rings is 2. The van der Waals surface area contributed by atoms with Crippen molar-refractivity contribution >= 4 is 7.60 Å². The zero-order valence-electron chi connectivity index (χ0n) is 13.2. The van der Waals surface area contributed by atoms with Crippen molar-refractivity contribution in [3.05, 3.63) is 47.8 Å². The first kappa shape index (κ1) is 18.0. The van der Waals surface area contributed by atoms with Crippen molar-refractivity contribution in [1.82, 2.24) is 5.32 Å². The fraction of sp³-hybridized carbons (Fsp3) is 0.467. The molecule has 2 heterocycles. The summed E-state index contributed by atoms with van der Waals surface area (Å²) in [5.74, 6) is 0.645.